The van der Waals surface area contributed by atoms with Crippen LogP contribution in [0.5, 0.6) is 0 Å². The number of aromatic amines is 1. The molecule has 88 valence electrons. The summed E-state index contributed by atoms with van der Waals surface area (Å²) >= 11 is 0. The fourth-order valence-corrected chi connectivity index (χ4v) is 1.80. The largest absolute Gasteiger partial charge is 0.467 e. The van der Waals surface area contributed by atoms with Crippen LogP contribution in [-0.4, -0.2) is 24.5 Å². The standard InChI is InChI=1S/C12H12N2O3/c1-17-12(16)11(14-7-15)9-6-13-10-5-3-2-4-8(9)10/h2-7,11,13H,1H3,(H,14,15). The van der Waals surface area contributed by atoms with Gasteiger partial charge in [-0.2, -0.15) is 0 Å². The van der Waals surface area contributed by atoms with Crippen molar-refractivity contribution in [2.75, 3.05) is 7.11 Å². The highest BCUT2D eigenvalue weighted by molar-refractivity contribution is 5.90. The second kappa shape index (κ2) is 4.69. The van der Waals surface area contributed by atoms with E-state index in [1.165, 1.54) is 7.11 Å². The minimum atomic E-state index is -0.784. The highest BCUT2D eigenvalue weighted by Crippen LogP contribution is 2.24. The van der Waals surface area contributed by atoms with E-state index < -0.39 is 12.0 Å². The van der Waals surface area contributed by atoms with E-state index in [4.69, 9.17) is 0 Å². The summed E-state index contributed by atoms with van der Waals surface area (Å²) in [7, 11) is 1.29. The second-order valence-corrected chi connectivity index (χ2v) is 3.53. The molecule has 2 N–H and O–H groups in total. The first-order valence-corrected chi connectivity index (χ1v) is 5.11. The monoisotopic (exact) mass is 232 g/mol. The molecule has 2 rings (SSSR count). The van der Waals surface area contributed by atoms with Gasteiger partial charge in [0, 0.05) is 22.7 Å². The third-order valence-corrected chi connectivity index (χ3v) is 2.60. The molecule has 1 aromatic carbocycles. The fourth-order valence-electron chi connectivity index (χ4n) is 1.80. The third kappa shape index (κ3) is 1.99. The van der Waals surface area contributed by atoms with E-state index in [1.54, 1.807) is 6.20 Å². The van der Waals surface area contributed by atoms with Gasteiger partial charge in [0.25, 0.3) is 0 Å². The van der Waals surface area contributed by atoms with Crippen LogP contribution in [0, 0.1) is 0 Å². The van der Waals surface area contributed by atoms with E-state index in [0.29, 0.717) is 12.0 Å². The van der Waals surface area contributed by atoms with Crippen LogP contribution in [0.15, 0.2) is 30.5 Å². The molecule has 0 bridgehead atoms. The summed E-state index contributed by atoms with van der Waals surface area (Å²) in [6.45, 7) is 0. The SMILES string of the molecule is COC(=O)C(NC=O)c1c[nH]c2ccccc12. The first kappa shape index (κ1) is 11.2. The number of benzene rings is 1. The summed E-state index contributed by atoms with van der Waals surface area (Å²) in [5.74, 6) is -0.498. The average molecular weight is 232 g/mol. The Hall–Kier alpha value is -2.30. The Morgan fingerprint density at radius 2 is 2.24 bits per heavy atom. The molecule has 1 atom stereocenters. The van der Waals surface area contributed by atoms with E-state index in [-0.39, 0.29) is 0 Å². The first-order chi connectivity index (χ1) is 8.27. The quantitative estimate of drug-likeness (QED) is 0.613. The molecule has 0 aliphatic heterocycles. The smallest absolute Gasteiger partial charge is 0.333 e. The predicted molar refractivity (Wildman–Crippen MR) is 62.3 cm³/mol. The van der Waals surface area contributed by atoms with Gasteiger partial charge in [0.05, 0.1) is 7.11 Å². The van der Waals surface area contributed by atoms with Crippen LogP contribution in [0.4, 0.5) is 0 Å². The zero-order chi connectivity index (χ0) is 12.3. The number of esters is 1. The van der Waals surface area contributed by atoms with E-state index in [2.05, 4.69) is 15.0 Å². The molecule has 1 heterocycles. The molecule has 1 unspecified atom stereocenters. The number of amides is 1. The Labute approximate surface area is 97.8 Å². The normalized spacial score (nSPS) is 12.1. The van der Waals surface area contributed by atoms with Gasteiger partial charge in [0.15, 0.2) is 6.04 Å². The Kier molecular flexibility index (Phi) is 3.09. The highest BCUT2D eigenvalue weighted by atomic mass is 16.5. The zero-order valence-electron chi connectivity index (χ0n) is 9.27. The number of hydrogen-bond donors (Lipinski definition) is 2. The lowest BCUT2D eigenvalue weighted by atomic mass is 10.1. The lowest BCUT2D eigenvalue weighted by Gasteiger charge is -2.12. The van der Waals surface area contributed by atoms with Gasteiger partial charge in [-0.25, -0.2) is 4.79 Å². The summed E-state index contributed by atoms with van der Waals surface area (Å²) in [6, 6.07) is 6.75. The van der Waals surface area contributed by atoms with E-state index in [0.717, 1.165) is 10.9 Å². The van der Waals surface area contributed by atoms with Gasteiger partial charge in [-0.05, 0) is 6.07 Å². The van der Waals surface area contributed by atoms with Gasteiger partial charge in [-0.1, -0.05) is 18.2 Å². The van der Waals surface area contributed by atoms with Gasteiger partial charge >= 0.3 is 5.97 Å². The minimum Gasteiger partial charge on any atom is -0.467 e. The lowest BCUT2D eigenvalue weighted by Crippen LogP contribution is -2.28. The summed E-state index contributed by atoms with van der Waals surface area (Å²) in [5, 5.41) is 3.34. The molecule has 0 aliphatic rings. The van der Waals surface area contributed by atoms with Gasteiger partial charge < -0.3 is 15.0 Å². The number of methoxy groups -OCH3 is 1. The highest BCUT2D eigenvalue weighted by Gasteiger charge is 2.23. The molecule has 5 nitrogen and oxygen atoms in total. The number of nitrogens with one attached hydrogen (secondary N) is 2. The van der Waals surface area contributed by atoms with Crippen LogP contribution in [0.1, 0.15) is 11.6 Å². The second-order valence-electron chi connectivity index (χ2n) is 3.53. The van der Waals surface area contributed by atoms with E-state index in [9.17, 15) is 9.59 Å². The molecule has 1 aromatic heterocycles. The van der Waals surface area contributed by atoms with Crippen LogP contribution in [0.2, 0.25) is 0 Å². The van der Waals surface area contributed by atoms with E-state index >= 15 is 0 Å². The summed E-state index contributed by atoms with van der Waals surface area (Å²) < 4.78 is 4.66. The first-order valence-electron chi connectivity index (χ1n) is 5.11. The molecular formula is C12H12N2O3. The molecule has 2 aromatic rings. The molecule has 0 spiro atoms. The topological polar surface area (TPSA) is 71.2 Å². The number of carbonyl (C=O) groups excluding carboxylic acids is 2. The number of ether oxygens (including phenoxy) is 1. The zero-order valence-corrected chi connectivity index (χ0v) is 9.27. The number of aromatic nitrogens is 1. The lowest BCUT2D eigenvalue weighted by molar-refractivity contribution is -0.144. The Morgan fingerprint density at radius 3 is 2.94 bits per heavy atom. The van der Waals surface area contributed by atoms with Crippen molar-refractivity contribution in [3.8, 4) is 0 Å². The number of hydrogen-bond acceptors (Lipinski definition) is 3. The third-order valence-electron chi connectivity index (χ3n) is 2.60. The number of rotatable bonds is 4. The Bertz CT molecular complexity index is 547. The van der Waals surface area contributed by atoms with Gasteiger partial charge in [-0.3, -0.25) is 4.79 Å². The molecule has 0 radical (unpaired) electrons. The number of carbonyl (C=O) groups is 2. The molecule has 17 heavy (non-hydrogen) atoms. The maximum absolute atomic E-state index is 11.6. The number of para-hydroxylation sites is 1. The maximum atomic E-state index is 11.6. The van der Waals surface area contributed by atoms with E-state index in [1.807, 2.05) is 24.3 Å². The molecule has 1 amide bonds. The van der Waals surface area contributed by atoms with Crippen LogP contribution in [0.3, 0.4) is 0 Å². The molecular weight excluding hydrogens is 220 g/mol. The summed E-state index contributed by atoms with van der Waals surface area (Å²) in [5.41, 5.74) is 1.60. The molecule has 0 aliphatic carbocycles. The van der Waals surface area contributed by atoms with Crippen LogP contribution < -0.4 is 5.32 Å². The van der Waals surface area contributed by atoms with Crippen molar-refractivity contribution in [1.82, 2.24) is 10.3 Å². The van der Waals surface area contributed by atoms with Gasteiger partial charge in [0.1, 0.15) is 0 Å². The minimum absolute atomic E-state index is 0.489. The van der Waals surface area contributed by atoms with Crippen molar-refractivity contribution in [3.63, 3.8) is 0 Å². The van der Waals surface area contributed by atoms with Gasteiger partial charge in [-0.15, -0.1) is 0 Å². The average Bonchev–Trinajstić information content (AvgIpc) is 2.79. The molecule has 0 fully saturated rings. The number of fused-ring (bicyclic) bond motifs is 1. The summed E-state index contributed by atoms with van der Waals surface area (Å²) in [6.07, 6.45) is 2.19. The molecule has 5 heteroatoms. The Morgan fingerprint density at radius 1 is 1.47 bits per heavy atom. The maximum Gasteiger partial charge on any atom is 0.333 e. The summed E-state index contributed by atoms with van der Waals surface area (Å²) in [4.78, 5) is 25.2. The van der Waals surface area contributed by atoms with Crippen LogP contribution in [0.25, 0.3) is 10.9 Å². The van der Waals surface area contributed by atoms with Crippen molar-refractivity contribution in [3.05, 3.63) is 36.0 Å². The van der Waals surface area contributed by atoms with Crippen molar-refractivity contribution < 1.29 is 14.3 Å². The molecule has 0 saturated heterocycles. The van der Waals surface area contributed by atoms with Gasteiger partial charge in [0.2, 0.25) is 6.41 Å². The van der Waals surface area contributed by atoms with Crippen LogP contribution >= 0.6 is 0 Å². The number of H-pyrrole nitrogens is 1. The van der Waals surface area contributed by atoms with Crippen molar-refractivity contribution in [2.24, 2.45) is 0 Å². The van der Waals surface area contributed by atoms with Crippen molar-refractivity contribution in [2.45, 2.75) is 6.04 Å². The Balaban J connectivity index is 2.48. The van der Waals surface area contributed by atoms with Crippen LogP contribution in [-0.2, 0) is 14.3 Å². The fraction of sp³-hybridized carbons (Fsp3) is 0.167. The molecule has 0 saturated carbocycles. The van der Waals surface area contributed by atoms with Crippen molar-refractivity contribution in [1.29, 1.82) is 0 Å². The predicted octanol–water partition coefficient (Wildman–Crippen LogP) is 1.13. The van der Waals surface area contributed by atoms with Crippen molar-refractivity contribution >= 4 is 23.3 Å².